The lowest BCUT2D eigenvalue weighted by atomic mass is 9.99. The molecule has 0 aromatic heterocycles. The van der Waals surface area contributed by atoms with Crippen LogP contribution in [0.2, 0.25) is 0 Å². The number of para-hydroxylation sites is 1. The molecule has 1 fully saturated rings. The van der Waals surface area contributed by atoms with E-state index in [9.17, 15) is 0 Å². The lowest BCUT2D eigenvalue weighted by molar-refractivity contribution is 0.479. The molecule has 1 aromatic rings. The maximum absolute atomic E-state index is 9.03. The topological polar surface area (TPSA) is 39.1 Å². The first-order chi connectivity index (χ1) is 9.31. The largest absolute Gasteiger partial charge is 0.365 e. The molecule has 0 saturated carbocycles. The molecule has 0 radical (unpaired) electrons. The summed E-state index contributed by atoms with van der Waals surface area (Å²) in [6.45, 7) is 7.33. The van der Waals surface area contributed by atoms with Crippen LogP contribution in [-0.2, 0) is 12.8 Å². The van der Waals surface area contributed by atoms with Crippen LogP contribution in [0.15, 0.2) is 18.2 Å². The molecule has 0 spiro atoms. The molecular weight excluding hydrogens is 234 g/mol. The molecule has 0 amide bonds. The zero-order valence-electron chi connectivity index (χ0n) is 11.9. The second kappa shape index (κ2) is 6.58. The van der Waals surface area contributed by atoms with Gasteiger partial charge in [0.1, 0.15) is 0 Å². The van der Waals surface area contributed by atoms with Crippen LogP contribution in [0.1, 0.15) is 31.4 Å². The number of rotatable bonds is 4. The number of hydrogen-bond acceptors (Lipinski definition) is 3. The molecule has 2 rings (SSSR count). The van der Waals surface area contributed by atoms with Gasteiger partial charge in [0.2, 0.25) is 0 Å². The molecule has 1 saturated heterocycles. The summed E-state index contributed by atoms with van der Waals surface area (Å²) in [6, 6.07) is 9.23. The van der Waals surface area contributed by atoms with Crippen LogP contribution in [0.3, 0.4) is 0 Å². The first kappa shape index (κ1) is 13.9. The van der Waals surface area contributed by atoms with Crippen molar-refractivity contribution in [3.63, 3.8) is 0 Å². The molecule has 1 aliphatic heterocycles. The van der Waals surface area contributed by atoms with E-state index in [1.807, 2.05) is 0 Å². The Kier molecular flexibility index (Phi) is 4.81. The molecule has 1 heterocycles. The Labute approximate surface area is 116 Å². The predicted octanol–water partition coefficient (Wildman–Crippen LogP) is 2.50. The van der Waals surface area contributed by atoms with Gasteiger partial charge in [-0.2, -0.15) is 5.26 Å². The first-order valence-electron chi connectivity index (χ1n) is 7.26. The smallest absolute Gasteiger partial charge is 0.0643 e. The molecule has 1 aliphatic rings. The van der Waals surface area contributed by atoms with Crippen LogP contribution >= 0.6 is 0 Å². The van der Waals surface area contributed by atoms with Crippen LogP contribution in [-0.4, -0.2) is 25.7 Å². The second-order valence-electron chi connectivity index (χ2n) is 5.05. The number of hydrogen-bond donors (Lipinski definition) is 1. The van der Waals surface area contributed by atoms with Crippen molar-refractivity contribution in [3.05, 3.63) is 29.3 Å². The number of anilines is 1. The highest BCUT2D eigenvalue weighted by Crippen LogP contribution is 2.29. The van der Waals surface area contributed by atoms with Crippen LogP contribution in [0.5, 0.6) is 0 Å². The van der Waals surface area contributed by atoms with Gasteiger partial charge < -0.3 is 10.2 Å². The van der Waals surface area contributed by atoms with E-state index >= 15 is 0 Å². The van der Waals surface area contributed by atoms with E-state index in [0.29, 0.717) is 12.5 Å². The highest BCUT2D eigenvalue weighted by Gasteiger charge is 2.25. The molecule has 102 valence electrons. The van der Waals surface area contributed by atoms with Gasteiger partial charge in [-0.1, -0.05) is 32.0 Å². The molecule has 0 bridgehead atoms. The SMILES string of the molecule is CCc1cccc(CC)c1N1CCNCC1CC#N. The number of piperazine rings is 1. The average Bonchev–Trinajstić information content (AvgIpc) is 2.47. The number of benzene rings is 1. The predicted molar refractivity (Wildman–Crippen MR) is 79.4 cm³/mol. The summed E-state index contributed by atoms with van der Waals surface area (Å²) in [5, 5.41) is 12.4. The minimum absolute atomic E-state index is 0.303. The van der Waals surface area contributed by atoms with Crippen molar-refractivity contribution >= 4 is 5.69 Å². The van der Waals surface area contributed by atoms with Gasteiger partial charge in [-0.15, -0.1) is 0 Å². The Morgan fingerprint density at radius 3 is 2.58 bits per heavy atom. The van der Waals surface area contributed by atoms with Gasteiger partial charge in [0.15, 0.2) is 0 Å². The lowest BCUT2D eigenvalue weighted by Crippen LogP contribution is -2.51. The van der Waals surface area contributed by atoms with Crippen molar-refractivity contribution < 1.29 is 0 Å². The van der Waals surface area contributed by atoms with Gasteiger partial charge >= 0.3 is 0 Å². The van der Waals surface area contributed by atoms with Gasteiger partial charge in [0.25, 0.3) is 0 Å². The van der Waals surface area contributed by atoms with E-state index in [0.717, 1.165) is 32.5 Å². The molecule has 19 heavy (non-hydrogen) atoms. The Morgan fingerprint density at radius 1 is 1.32 bits per heavy atom. The number of nitrogens with zero attached hydrogens (tertiary/aromatic N) is 2. The maximum atomic E-state index is 9.03. The lowest BCUT2D eigenvalue weighted by Gasteiger charge is -2.39. The van der Waals surface area contributed by atoms with Gasteiger partial charge in [0, 0.05) is 25.3 Å². The highest BCUT2D eigenvalue weighted by atomic mass is 15.2. The molecule has 3 nitrogen and oxygen atoms in total. The van der Waals surface area contributed by atoms with Crippen LogP contribution in [0.4, 0.5) is 5.69 Å². The third-order valence-electron chi connectivity index (χ3n) is 3.93. The first-order valence-corrected chi connectivity index (χ1v) is 7.26. The zero-order chi connectivity index (χ0) is 13.7. The third kappa shape index (κ3) is 2.90. The minimum Gasteiger partial charge on any atom is -0.365 e. The summed E-state index contributed by atoms with van der Waals surface area (Å²) < 4.78 is 0. The van der Waals surface area contributed by atoms with E-state index in [1.54, 1.807) is 0 Å². The van der Waals surface area contributed by atoms with E-state index in [2.05, 4.69) is 48.3 Å². The van der Waals surface area contributed by atoms with Crippen LogP contribution in [0, 0.1) is 11.3 Å². The summed E-state index contributed by atoms with van der Waals surface area (Å²) in [5.41, 5.74) is 4.20. The number of nitriles is 1. The van der Waals surface area contributed by atoms with E-state index in [4.69, 9.17) is 5.26 Å². The van der Waals surface area contributed by atoms with Gasteiger partial charge in [-0.25, -0.2) is 0 Å². The van der Waals surface area contributed by atoms with Crippen molar-refractivity contribution in [1.82, 2.24) is 5.32 Å². The molecular formula is C16H23N3. The number of nitrogens with one attached hydrogen (secondary N) is 1. The third-order valence-corrected chi connectivity index (χ3v) is 3.93. The summed E-state index contributed by atoms with van der Waals surface area (Å²) in [7, 11) is 0. The maximum Gasteiger partial charge on any atom is 0.0643 e. The fourth-order valence-corrected chi connectivity index (χ4v) is 2.93. The highest BCUT2D eigenvalue weighted by molar-refractivity contribution is 5.61. The van der Waals surface area contributed by atoms with Crippen molar-refractivity contribution in [1.29, 1.82) is 5.26 Å². The zero-order valence-corrected chi connectivity index (χ0v) is 11.9. The van der Waals surface area contributed by atoms with Gasteiger partial charge in [-0.05, 0) is 24.0 Å². The van der Waals surface area contributed by atoms with E-state index < -0.39 is 0 Å². The van der Waals surface area contributed by atoms with Gasteiger partial charge in [-0.3, -0.25) is 0 Å². The Balaban J connectivity index is 2.40. The molecule has 0 aliphatic carbocycles. The normalized spacial score (nSPS) is 19.2. The molecule has 1 aromatic carbocycles. The summed E-state index contributed by atoms with van der Waals surface area (Å²) in [5.74, 6) is 0. The van der Waals surface area contributed by atoms with Crippen LogP contribution in [0.25, 0.3) is 0 Å². The Bertz CT molecular complexity index is 439. The molecule has 1 atom stereocenters. The fourth-order valence-electron chi connectivity index (χ4n) is 2.93. The summed E-state index contributed by atoms with van der Waals surface area (Å²) in [6.07, 6.45) is 2.69. The summed E-state index contributed by atoms with van der Waals surface area (Å²) in [4.78, 5) is 2.46. The van der Waals surface area contributed by atoms with Crippen molar-refractivity contribution in [2.24, 2.45) is 0 Å². The number of aryl methyl sites for hydroxylation is 2. The van der Waals surface area contributed by atoms with E-state index in [1.165, 1.54) is 16.8 Å². The monoisotopic (exact) mass is 257 g/mol. The Hall–Kier alpha value is -1.53. The second-order valence-corrected chi connectivity index (χ2v) is 5.05. The van der Waals surface area contributed by atoms with Crippen molar-refractivity contribution in [2.75, 3.05) is 24.5 Å². The molecule has 3 heteroatoms. The van der Waals surface area contributed by atoms with Crippen molar-refractivity contribution in [3.8, 4) is 6.07 Å². The van der Waals surface area contributed by atoms with Crippen molar-refractivity contribution in [2.45, 2.75) is 39.2 Å². The van der Waals surface area contributed by atoms with E-state index in [-0.39, 0.29) is 0 Å². The Morgan fingerprint density at radius 2 is 2.00 bits per heavy atom. The average molecular weight is 257 g/mol. The minimum atomic E-state index is 0.303. The fraction of sp³-hybridized carbons (Fsp3) is 0.562. The van der Waals surface area contributed by atoms with Crippen LogP contribution < -0.4 is 10.2 Å². The van der Waals surface area contributed by atoms with Gasteiger partial charge in [0.05, 0.1) is 18.5 Å². The molecule has 1 N–H and O–H groups in total. The quantitative estimate of drug-likeness (QED) is 0.900. The summed E-state index contributed by atoms with van der Waals surface area (Å²) >= 11 is 0. The standard InChI is InChI=1S/C16H23N3/c1-3-13-6-5-7-14(4-2)16(13)19-11-10-18-12-15(19)8-9-17/h5-7,15,18H,3-4,8,10-12H2,1-2H3. The molecule has 1 unspecified atom stereocenters.